The molecule has 1 aliphatic carbocycles. The number of nitrogens with zero attached hydrogens (tertiary/aromatic N) is 3. The van der Waals surface area contributed by atoms with Crippen LogP contribution in [0.5, 0.6) is 0 Å². The summed E-state index contributed by atoms with van der Waals surface area (Å²) in [6.45, 7) is 0.664. The minimum Gasteiger partial charge on any atom is -0.371 e. The Labute approximate surface area is 118 Å². The first-order chi connectivity index (χ1) is 9.48. The number of fused-ring (bicyclic) bond motifs is 1. The van der Waals surface area contributed by atoms with E-state index < -0.39 is 9.84 Å². The van der Waals surface area contributed by atoms with Gasteiger partial charge in [0, 0.05) is 18.2 Å². The molecule has 0 aromatic carbocycles. The van der Waals surface area contributed by atoms with Crippen LogP contribution >= 0.6 is 0 Å². The van der Waals surface area contributed by atoms with Crippen molar-refractivity contribution in [1.29, 1.82) is 0 Å². The van der Waals surface area contributed by atoms with E-state index in [1.165, 1.54) is 6.26 Å². The number of sulfone groups is 1. The van der Waals surface area contributed by atoms with Crippen LogP contribution in [0.25, 0.3) is 5.65 Å². The van der Waals surface area contributed by atoms with Gasteiger partial charge in [-0.25, -0.2) is 8.42 Å². The van der Waals surface area contributed by atoms with E-state index in [-0.39, 0.29) is 11.2 Å². The van der Waals surface area contributed by atoms with Crippen LogP contribution in [0.3, 0.4) is 0 Å². The summed E-state index contributed by atoms with van der Waals surface area (Å²) in [6.07, 6.45) is 6.00. The normalized spacial score (nSPS) is 17.9. The third kappa shape index (κ3) is 2.63. The zero-order valence-corrected chi connectivity index (χ0v) is 12.2. The van der Waals surface area contributed by atoms with E-state index in [1.807, 2.05) is 22.6 Å². The SMILES string of the molecule is CS(=O)(=O)CC1(CNc2cccc3nncn23)CCC1. The lowest BCUT2D eigenvalue weighted by molar-refractivity contribution is 0.183. The average molecular weight is 294 g/mol. The summed E-state index contributed by atoms with van der Waals surface area (Å²) in [5.41, 5.74) is 0.657. The Balaban J connectivity index is 1.77. The highest BCUT2D eigenvalue weighted by molar-refractivity contribution is 7.90. The summed E-state index contributed by atoms with van der Waals surface area (Å²) in [6, 6.07) is 5.74. The molecule has 0 spiro atoms. The molecule has 1 N–H and O–H groups in total. The molecule has 0 saturated heterocycles. The van der Waals surface area contributed by atoms with Gasteiger partial charge < -0.3 is 5.32 Å². The molecule has 1 saturated carbocycles. The molecule has 3 rings (SSSR count). The van der Waals surface area contributed by atoms with Crippen molar-refractivity contribution in [2.75, 3.05) is 23.9 Å². The molecule has 0 radical (unpaired) electrons. The van der Waals surface area contributed by atoms with Crippen LogP contribution in [0.15, 0.2) is 24.5 Å². The number of nitrogens with one attached hydrogen (secondary N) is 1. The molecule has 1 fully saturated rings. The van der Waals surface area contributed by atoms with Crippen LogP contribution in [0.1, 0.15) is 19.3 Å². The van der Waals surface area contributed by atoms with Crippen LogP contribution in [0.4, 0.5) is 5.82 Å². The van der Waals surface area contributed by atoms with Gasteiger partial charge in [-0.3, -0.25) is 4.40 Å². The molecule has 2 heterocycles. The van der Waals surface area contributed by atoms with Crippen molar-refractivity contribution in [3.8, 4) is 0 Å². The van der Waals surface area contributed by atoms with E-state index in [4.69, 9.17) is 0 Å². The monoisotopic (exact) mass is 294 g/mol. The fourth-order valence-corrected chi connectivity index (χ4v) is 4.38. The van der Waals surface area contributed by atoms with Crippen molar-refractivity contribution in [3.63, 3.8) is 0 Å². The Hall–Kier alpha value is -1.63. The summed E-state index contributed by atoms with van der Waals surface area (Å²) in [7, 11) is -2.95. The zero-order chi connectivity index (χ0) is 14.2. The minimum atomic E-state index is -2.95. The summed E-state index contributed by atoms with van der Waals surface area (Å²) in [4.78, 5) is 0. The third-order valence-corrected chi connectivity index (χ3v) is 5.10. The van der Waals surface area contributed by atoms with Gasteiger partial charge in [-0.15, -0.1) is 10.2 Å². The van der Waals surface area contributed by atoms with Gasteiger partial charge in [-0.05, 0) is 25.0 Å². The number of rotatable bonds is 5. The van der Waals surface area contributed by atoms with Gasteiger partial charge in [-0.1, -0.05) is 12.5 Å². The van der Waals surface area contributed by atoms with Gasteiger partial charge in [0.25, 0.3) is 0 Å². The number of hydrogen-bond acceptors (Lipinski definition) is 5. The maximum Gasteiger partial charge on any atom is 0.162 e. The van der Waals surface area contributed by atoms with Crippen molar-refractivity contribution in [2.24, 2.45) is 5.41 Å². The highest BCUT2D eigenvalue weighted by Crippen LogP contribution is 2.42. The lowest BCUT2D eigenvalue weighted by Crippen LogP contribution is -2.42. The molecule has 1 aliphatic rings. The quantitative estimate of drug-likeness (QED) is 0.901. The van der Waals surface area contributed by atoms with Crippen molar-refractivity contribution >= 4 is 21.3 Å². The molecule has 2 aromatic rings. The first kappa shape index (κ1) is 13.4. The third-order valence-electron chi connectivity index (χ3n) is 3.96. The highest BCUT2D eigenvalue weighted by Gasteiger charge is 2.39. The first-order valence-electron chi connectivity index (χ1n) is 6.68. The van der Waals surface area contributed by atoms with Crippen LogP contribution in [-0.4, -0.2) is 41.6 Å². The lowest BCUT2D eigenvalue weighted by Gasteiger charge is -2.41. The Morgan fingerprint density at radius 3 is 2.85 bits per heavy atom. The molecule has 0 amide bonds. The fourth-order valence-electron chi connectivity index (χ4n) is 2.88. The van der Waals surface area contributed by atoms with Crippen molar-refractivity contribution < 1.29 is 8.42 Å². The fraction of sp³-hybridized carbons (Fsp3) is 0.538. The Bertz CT molecular complexity index is 719. The molecule has 20 heavy (non-hydrogen) atoms. The van der Waals surface area contributed by atoms with Gasteiger partial charge in [-0.2, -0.15) is 0 Å². The molecule has 0 bridgehead atoms. The van der Waals surface area contributed by atoms with Gasteiger partial charge in [0.2, 0.25) is 0 Å². The van der Waals surface area contributed by atoms with Gasteiger partial charge in [0.15, 0.2) is 5.65 Å². The number of hydrogen-bond donors (Lipinski definition) is 1. The Kier molecular flexibility index (Phi) is 3.16. The maximum absolute atomic E-state index is 11.6. The van der Waals surface area contributed by atoms with Crippen LogP contribution in [0, 0.1) is 5.41 Å². The van der Waals surface area contributed by atoms with E-state index >= 15 is 0 Å². The molecular weight excluding hydrogens is 276 g/mol. The predicted octanol–water partition coefficient (Wildman–Crippen LogP) is 1.36. The molecule has 0 aliphatic heterocycles. The number of anilines is 1. The topological polar surface area (TPSA) is 76.4 Å². The van der Waals surface area contributed by atoms with E-state index in [0.717, 1.165) is 30.7 Å². The second-order valence-electron chi connectivity index (χ2n) is 5.75. The summed E-state index contributed by atoms with van der Waals surface area (Å²) in [5.74, 6) is 1.15. The van der Waals surface area contributed by atoms with Crippen LogP contribution in [0.2, 0.25) is 0 Å². The van der Waals surface area contributed by atoms with Gasteiger partial charge in [0.1, 0.15) is 22.0 Å². The first-order valence-corrected chi connectivity index (χ1v) is 8.74. The second-order valence-corrected chi connectivity index (χ2v) is 7.89. The van der Waals surface area contributed by atoms with Crippen molar-refractivity contribution in [1.82, 2.24) is 14.6 Å². The molecule has 2 aromatic heterocycles. The largest absolute Gasteiger partial charge is 0.371 e. The van der Waals surface area contributed by atoms with Gasteiger partial charge >= 0.3 is 0 Å². The second kappa shape index (κ2) is 4.73. The highest BCUT2D eigenvalue weighted by atomic mass is 32.2. The minimum absolute atomic E-state index is 0.121. The van der Waals surface area contributed by atoms with Crippen molar-refractivity contribution in [3.05, 3.63) is 24.5 Å². The van der Waals surface area contributed by atoms with E-state index in [0.29, 0.717) is 6.54 Å². The zero-order valence-electron chi connectivity index (χ0n) is 11.4. The predicted molar refractivity (Wildman–Crippen MR) is 77.5 cm³/mol. The summed E-state index contributed by atoms with van der Waals surface area (Å²) >= 11 is 0. The van der Waals surface area contributed by atoms with E-state index in [1.54, 1.807) is 6.33 Å². The average Bonchev–Trinajstić information content (AvgIpc) is 2.79. The summed E-state index contributed by atoms with van der Waals surface area (Å²) < 4.78 is 25.0. The van der Waals surface area contributed by atoms with Crippen molar-refractivity contribution in [2.45, 2.75) is 19.3 Å². The van der Waals surface area contributed by atoms with E-state index in [9.17, 15) is 8.42 Å². The molecular formula is C13H18N4O2S. The number of aromatic nitrogens is 3. The molecule has 6 nitrogen and oxygen atoms in total. The summed E-state index contributed by atoms with van der Waals surface area (Å²) in [5, 5.41) is 11.2. The Morgan fingerprint density at radius 2 is 2.20 bits per heavy atom. The number of pyridine rings is 1. The van der Waals surface area contributed by atoms with Gasteiger partial charge in [0.05, 0.1) is 5.75 Å². The van der Waals surface area contributed by atoms with E-state index in [2.05, 4.69) is 15.5 Å². The smallest absolute Gasteiger partial charge is 0.162 e. The van der Waals surface area contributed by atoms with Crippen LogP contribution in [-0.2, 0) is 9.84 Å². The molecule has 7 heteroatoms. The van der Waals surface area contributed by atoms with Crippen LogP contribution < -0.4 is 5.32 Å². The Morgan fingerprint density at radius 1 is 1.40 bits per heavy atom. The lowest BCUT2D eigenvalue weighted by atomic mass is 9.70. The molecule has 108 valence electrons. The molecule has 0 atom stereocenters. The standard InChI is InChI=1S/C13H18N4O2S/c1-20(18,19)9-13(6-3-7-13)8-14-11-4-2-5-12-16-15-10-17(11)12/h2,4-5,10,14H,3,6-9H2,1H3. The maximum atomic E-state index is 11.6. The molecule has 0 unspecified atom stereocenters.